The smallest absolute Gasteiger partial charge is 0.328 e. The molecule has 0 unspecified atom stereocenters. The van der Waals surface area contributed by atoms with Crippen LogP contribution < -0.4 is 9.47 Å². The molecule has 0 N–H and O–H groups in total. The lowest BCUT2D eigenvalue weighted by molar-refractivity contribution is 0.302. The van der Waals surface area contributed by atoms with Crippen LogP contribution in [0.1, 0.15) is 13.3 Å². The van der Waals surface area contributed by atoms with Gasteiger partial charge < -0.3 is 13.9 Å². The second-order valence-electron chi connectivity index (χ2n) is 5.76. The summed E-state index contributed by atoms with van der Waals surface area (Å²) in [6.07, 6.45) is 0.801. The number of nitrogens with zero attached hydrogens (tertiary/aromatic N) is 3. The lowest BCUT2D eigenvalue weighted by atomic mass is 10.2. The van der Waals surface area contributed by atoms with Crippen molar-refractivity contribution in [3.63, 3.8) is 0 Å². The van der Waals surface area contributed by atoms with Gasteiger partial charge in [0.1, 0.15) is 11.6 Å². The molecule has 0 saturated heterocycles. The summed E-state index contributed by atoms with van der Waals surface area (Å²) in [5.41, 5.74) is 1.07. The van der Waals surface area contributed by atoms with Crippen LogP contribution in [0.3, 0.4) is 0 Å². The molecule has 0 spiro atoms. The van der Waals surface area contributed by atoms with Crippen LogP contribution in [0.5, 0.6) is 17.6 Å². The first-order valence-corrected chi connectivity index (χ1v) is 8.53. The Balaban J connectivity index is 1.77. The van der Waals surface area contributed by atoms with E-state index in [1.54, 1.807) is 24.3 Å². The Morgan fingerprint density at radius 2 is 1.85 bits per heavy atom. The standard InChI is InChI=1S/C20H16FN3O3/c1-2-11-25-18-16-19(24-20(23-18)26-15-9-4-3-5-10-15)27-17(22-16)13-7-6-8-14(21)12-13/h3-10,12H,2,11H2,1H3. The van der Waals surface area contributed by atoms with E-state index in [1.807, 2.05) is 25.1 Å². The molecule has 0 aliphatic carbocycles. The van der Waals surface area contributed by atoms with Crippen molar-refractivity contribution in [2.45, 2.75) is 13.3 Å². The van der Waals surface area contributed by atoms with Gasteiger partial charge in [0.25, 0.3) is 11.6 Å². The average Bonchev–Trinajstić information content (AvgIpc) is 3.11. The molecule has 2 aromatic heterocycles. The van der Waals surface area contributed by atoms with Crippen molar-refractivity contribution in [3.8, 4) is 29.1 Å². The summed E-state index contributed by atoms with van der Waals surface area (Å²) in [7, 11) is 0. The molecule has 4 aromatic rings. The molecule has 27 heavy (non-hydrogen) atoms. The van der Waals surface area contributed by atoms with E-state index in [-0.39, 0.29) is 29.3 Å². The highest BCUT2D eigenvalue weighted by Gasteiger charge is 2.18. The molecule has 0 aliphatic rings. The van der Waals surface area contributed by atoms with Crippen molar-refractivity contribution in [3.05, 3.63) is 60.4 Å². The number of hydrogen-bond donors (Lipinski definition) is 0. The van der Waals surface area contributed by atoms with E-state index in [4.69, 9.17) is 13.9 Å². The monoisotopic (exact) mass is 365 g/mol. The highest BCUT2D eigenvalue weighted by Crippen LogP contribution is 2.31. The highest BCUT2D eigenvalue weighted by molar-refractivity contribution is 5.77. The van der Waals surface area contributed by atoms with Crippen molar-refractivity contribution in [1.29, 1.82) is 0 Å². The molecule has 0 saturated carbocycles. The van der Waals surface area contributed by atoms with Crippen LogP contribution in [-0.2, 0) is 0 Å². The Kier molecular flexibility index (Phi) is 4.65. The fourth-order valence-corrected chi connectivity index (χ4v) is 2.46. The fourth-order valence-electron chi connectivity index (χ4n) is 2.46. The minimum atomic E-state index is -0.378. The van der Waals surface area contributed by atoms with Crippen LogP contribution in [0, 0.1) is 5.82 Å². The number of rotatable bonds is 6. The average molecular weight is 365 g/mol. The van der Waals surface area contributed by atoms with Crippen LogP contribution in [0.4, 0.5) is 4.39 Å². The van der Waals surface area contributed by atoms with Crippen LogP contribution in [0.2, 0.25) is 0 Å². The first-order chi connectivity index (χ1) is 13.2. The zero-order valence-electron chi connectivity index (χ0n) is 14.6. The van der Waals surface area contributed by atoms with Gasteiger partial charge in [-0.05, 0) is 36.8 Å². The summed E-state index contributed by atoms with van der Waals surface area (Å²) in [4.78, 5) is 13.0. The van der Waals surface area contributed by atoms with Gasteiger partial charge in [-0.25, -0.2) is 9.37 Å². The molecule has 7 heteroatoms. The SMILES string of the molecule is CCCOc1nc(Oc2ccccc2)nc2oc(-c3cccc(F)c3)nc12. The molecule has 0 aliphatic heterocycles. The van der Waals surface area contributed by atoms with Crippen molar-refractivity contribution in [1.82, 2.24) is 15.0 Å². The lowest BCUT2D eigenvalue weighted by Gasteiger charge is -2.06. The molecule has 0 bridgehead atoms. The normalized spacial score (nSPS) is 10.9. The molecule has 2 heterocycles. The quantitative estimate of drug-likeness (QED) is 0.479. The van der Waals surface area contributed by atoms with Gasteiger partial charge in [0, 0.05) is 5.56 Å². The Bertz CT molecular complexity index is 1070. The summed E-state index contributed by atoms with van der Waals surface area (Å²) in [5.74, 6) is 0.704. The number of oxazole rings is 1. The Hall–Kier alpha value is -3.48. The van der Waals surface area contributed by atoms with Gasteiger partial charge >= 0.3 is 6.01 Å². The minimum absolute atomic E-state index is 0.0849. The van der Waals surface area contributed by atoms with Gasteiger partial charge in [-0.1, -0.05) is 31.2 Å². The van der Waals surface area contributed by atoms with E-state index in [1.165, 1.54) is 12.1 Å². The molecule has 2 aromatic carbocycles. The second kappa shape index (κ2) is 7.41. The van der Waals surface area contributed by atoms with Crippen molar-refractivity contribution in [2.75, 3.05) is 6.61 Å². The van der Waals surface area contributed by atoms with E-state index in [0.717, 1.165) is 6.42 Å². The first-order valence-electron chi connectivity index (χ1n) is 8.53. The summed E-state index contributed by atoms with van der Waals surface area (Å²) >= 11 is 0. The first kappa shape index (κ1) is 17.0. The molecule has 6 nitrogen and oxygen atoms in total. The topological polar surface area (TPSA) is 70.3 Å². The maximum absolute atomic E-state index is 13.5. The molecule has 0 fully saturated rings. The zero-order chi connectivity index (χ0) is 18.6. The van der Waals surface area contributed by atoms with Gasteiger partial charge in [0.15, 0.2) is 5.52 Å². The number of halogens is 1. The summed E-state index contributed by atoms with van der Waals surface area (Å²) in [6.45, 7) is 2.44. The van der Waals surface area contributed by atoms with E-state index in [9.17, 15) is 4.39 Å². The second-order valence-corrected chi connectivity index (χ2v) is 5.76. The number of ether oxygens (including phenoxy) is 2. The predicted octanol–water partition coefficient (Wildman–Crippen LogP) is 5.01. The Morgan fingerprint density at radius 3 is 2.63 bits per heavy atom. The molecule has 4 rings (SSSR count). The third-order valence-corrected chi connectivity index (χ3v) is 3.67. The van der Waals surface area contributed by atoms with E-state index in [2.05, 4.69) is 15.0 Å². The summed E-state index contributed by atoms with van der Waals surface area (Å²) in [5, 5.41) is 0. The van der Waals surface area contributed by atoms with E-state index < -0.39 is 0 Å². The number of benzene rings is 2. The number of para-hydroxylation sites is 1. The highest BCUT2D eigenvalue weighted by atomic mass is 19.1. The fraction of sp³-hybridized carbons (Fsp3) is 0.150. The third-order valence-electron chi connectivity index (χ3n) is 3.67. The van der Waals surface area contributed by atoms with Crippen LogP contribution in [0.15, 0.2) is 59.0 Å². The van der Waals surface area contributed by atoms with Crippen LogP contribution in [-0.4, -0.2) is 21.6 Å². The zero-order valence-corrected chi connectivity index (χ0v) is 14.6. The Labute approximate surface area is 154 Å². The van der Waals surface area contributed by atoms with E-state index in [0.29, 0.717) is 23.4 Å². The summed E-state index contributed by atoms with van der Waals surface area (Å²) in [6, 6.07) is 15.2. The molecular formula is C20H16FN3O3. The van der Waals surface area contributed by atoms with Crippen molar-refractivity contribution < 1.29 is 18.3 Å². The number of hydrogen-bond acceptors (Lipinski definition) is 6. The summed E-state index contributed by atoms with van der Waals surface area (Å²) < 4.78 is 30.6. The maximum atomic E-state index is 13.5. The number of fused-ring (bicyclic) bond motifs is 1. The minimum Gasteiger partial charge on any atom is -0.476 e. The molecule has 0 atom stereocenters. The van der Waals surface area contributed by atoms with Crippen LogP contribution >= 0.6 is 0 Å². The van der Waals surface area contributed by atoms with Crippen molar-refractivity contribution >= 4 is 11.2 Å². The molecule has 0 amide bonds. The molecule has 136 valence electrons. The van der Waals surface area contributed by atoms with Gasteiger partial charge in [-0.2, -0.15) is 9.97 Å². The van der Waals surface area contributed by atoms with E-state index >= 15 is 0 Å². The largest absolute Gasteiger partial charge is 0.476 e. The van der Waals surface area contributed by atoms with Gasteiger partial charge in [-0.3, -0.25) is 0 Å². The van der Waals surface area contributed by atoms with Gasteiger partial charge in [0.2, 0.25) is 5.89 Å². The number of aromatic nitrogens is 3. The predicted molar refractivity (Wildman–Crippen MR) is 97.3 cm³/mol. The maximum Gasteiger partial charge on any atom is 0.328 e. The third kappa shape index (κ3) is 3.72. The Morgan fingerprint density at radius 1 is 1.00 bits per heavy atom. The van der Waals surface area contributed by atoms with Crippen LogP contribution in [0.25, 0.3) is 22.7 Å². The van der Waals surface area contributed by atoms with Gasteiger partial charge in [-0.15, -0.1) is 0 Å². The molecular weight excluding hydrogens is 349 g/mol. The van der Waals surface area contributed by atoms with Crippen molar-refractivity contribution in [2.24, 2.45) is 0 Å². The van der Waals surface area contributed by atoms with Gasteiger partial charge in [0.05, 0.1) is 6.61 Å². The lowest BCUT2D eigenvalue weighted by Crippen LogP contribution is -2.01. The molecule has 0 radical (unpaired) electrons.